The molecule has 1 amide bonds. The molecule has 0 unspecified atom stereocenters. The van der Waals surface area contributed by atoms with Gasteiger partial charge >= 0.3 is 0 Å². The molecule has 2 aliphatic rings. The zero-order valence-electron chi connectivity index (χ0n) is 16.5. The fraction of sp³-hybridized carbons (Fsp3) is 0.435. The van der Waals surface area contributed by atoms with Crippen molar-refractivity contribution >= 4 is 29.1 Å². The third-order valence-corrected chi connectivity index (χ3v) is 6.25. The molecule has 2 N–H and O–H groups in total. The van der Waals surface area contributed by atoms with Crippen molar-refractivity contribution in [2.75, 3.05) is 13.2 Å². The van der Waals surface area contributed by atoms with E-state index >= 15 is 0 Å². The number of benzene rings is 2. The van der Waals surface area contributed by atoms with Crippen LogP contribution in [0.25, 0.3) is 0 Å². The number of morpholine rings is 1. The lowest BCUT2D eigenvalue weighted by Crippen LogP contribution is -2.52. The molecular weight excluding hydrogens is 425 g/mol. The van der Waals surface area contributed by atoms with Gasteiger partial charge in [0.05, 0.1) is 18.8 Å². The van der Waals surface area contributed by atoms with E-state index in [1.165, 1.54) is 0 Å². The fourth-order valence-corrected chi connectivity index (χ4v) is 4.24. The van der Waals surface area contributed by atoms with E-state index in [1.807, 2.05) is 41.3 Å². The van der Waals surface area contributed by atoms with Gasteiger partial charge in [0, 0.05) is 23.0 Å². The number of rotatable bonds is 7. The van der Waals surface area contributed by atoms with Crippen LogP contribution in [0.1, 0.15) is 42.5 Å². The van der Waals surface area contributed by atoms with Crippen LogP contribution in [-0.4, -0.2) is 46.4 Å². The van der Waals surface area contributed by atoms with Crippen molar-refractivity contribution in [3.05, 3.63) is 69.7 Å². The molecule has 1 heterocycles. The highest BCUT2D eigenvalue weighted by Gasteiger charge is 2.46. The van der Waals surface area contributed by atoms with Gasteiger partial charge in [-0.15, -0.1) is 0 Å². The minimum absolute atomic E-state index is 0.0495. The third kappa shape index (κ3) is 4.82. The summed E-state index contributed by atoms with van der Waals surface area (Å²) in [5.41, 5.74) is 1.84. The summed E-state index contributed by atoms with van der Waals surface area (Å²) in [6, 6.07) is 14.6. The van der Waals surface area contributed by atoms with Crippen LogP contribution >= 0.6 is 23.2 Å². The number of hydrogen-bond acceptors (Lipinski definition) is 4. The van der Waals surface area contributed by atoms with Crippen molar-refractivity contribution in [3.8, 4) is 0 Å². The normalized spacial score (nSPS) is 25.4. The Kier molecular flexibility index (Phi) is 6.66. The van der Waals surface area contributed by atoms with Crippen molar-refractivity contribution in [2.45, 2.75) is 43.6 Å². The van der Waals surface area contributed by atoms with E-state index in [0.29, 0.717) is 22.5 Å². The number of hydrogen-bond donors (Lipinski definition) is 2. The first-order valence-electron chi connectivity index (χ1n) is 10.2. The van der Waals surface area contributed by atoms with Gasteiger partial charge in [-0.1, -0.05) is 47.5 Å². The van der Waals surface area contributed by atoms with Crippen LogP contribution in [-0.2, 0) is 9.53 Å². The summed E-state index contributed by atoms with van der Waals surface area (Å²) in [4.78, 5) is 15.3. The Bertz CT molecular complexity index is 870. The van der Waals surface area contributed by atoms with Gasteiger partial charge in [0.25, 0.3) is 5.91 Å². The molecule has 7 heteroatoms. The van der Waals surface area contributed by atoms with Gasteiger partial charge in [-0.2, -0.15) is 0 Å². The van der Waals surface area contributed by atoms with Crippen LogP contribution in [0, 0.1) is 5.92 Å². The van der Waals surface area contributed by atoms with Crippen molar-refractivity contribution < 1.29 is 19.7 Å². The van der Waals surface area contributed by atoms with Gasteiger partial charge in [0.2, 0.25) is 0 Å². The Balaban J connectivity index is 1.75. The summed E-state index contributed by atoms with van der Waals surface area (Å²) in [6.45, 7) is 0.229. The number of nitrogens with zero attached hydrogens (tertiary/aromatic N) is 1. The highest BCUT2D eigenvalue weighted by atomic mass is 35.5. The molecule has 160 valence electrons. The van der Waals surface area contributed by atoms with Crippen LogP contribution in [0.3, 0.4) is 0 Å². The van der Waals surface area contributed by atoms with Crippen molar-refractivity contribution in [1.29, 1.82) is 0 Å². The van der Waals surface area contributed by atoms with Crippen molar-refractivity contribution in [1.82, 2.24) is 4.90 Å². The second-order valence-corrected chi connectivity index (χ2v) is 8.97. The topological polar surface area (TPSA) is 70.0 Å². The average molecular weight is 450 g/mol. The highest BCUT2D eigenvalue weighted by molar-refractivity contribution is 6.30. The molecule has 4 atom stereocenters. The largest absolute Gasteiger partial charge is 0.394 e. The number of carbonyl (C=O) groups is 1. The fourth-order valence-electron chi connectivity index (χ4n) is 3.98. The predicted molar refractivity (Wildman–Crippen MR) is 115 cm³/mol. The molecule has 30 heavy (non-hydrogen) atoms. The number of amides is 1. The first-order valence-corrected chi connectivity index (χ1v) is 11.0. The summed E-state index contributed by atoms with van der Waals surface area (Å²) in [7, 11) is 0. The van der Waals surface area contributed by atoms with Crippen LogP contribution in [0.5, 0.6) is 0 Å². The molecule has 2 aromatic carbocycles. The van der Waals surface area contributed by atoms with Crippen LogP contribution in [0.15, 0.2) is 48.5 Å². The minimum atomic E-state index is -1.01. The Labute approximate surface area is 186 Å². The molecule has 1 saturated heterocycles. The van der Waals surface area contributed by atoms with E-state index in [0.717, 1.165) is 24.0 Å². The zero-order chi connectivity index (χ0) is 21.3. The summed E-state index contributed by atoms with van der Waals surface area (Å²) < 4.78 is 6.29. The molecule has 0 aromatic heterocycles. The van der Waals surface area contributed by atoms with Gasteiger partial charge in [-0.25, -0.2) is 0 Å². The average Bonchev–Trinajstić information content (AvgIpc) is 3.56. The monoisotopic (exact) mass is 449 g/mol. The summed E-state index contributed by atoms with van der Waals surface area (Å²) in [6.07, 6.45) is -0.0137. The first kappa shape index (κ1) is 21.6. The second kappa shape index (κ2) is 9.25. The molecule has 1 aliphatic heterocycles. The van der Waals surface area contributed by atoms with E-state index in [2.05, 4.69) is 0 Å². The Morgan fingerprint density at radius 1 is 1.00 bits per heavy atom. The van der Waals surface area contributed by atoms with E-state index in [4.69, 9.17) is 27.9 Å². The Morgan fingerprint density at radius 2 is 1.57 bits per heavy atom. The number of halogens is 2. The first-order chi connectivity index (χ1) is 14.5. The molecule has 2 fully saturated rings. The lowest BCUT2D eigenvalue weighted by atomic mass is 9.90. The SMILES string of the molecule is O=C1[C@H](C[C@H](O)CO)O[C@@H](c2ccc(Cl)cc2)[C@@H](c2ccc(Cl)cc2)N1CC1CC1. The van der Waals surface area contributed by atoms with E-state index in [1.54, 1.807) is 12.1 Å². The van der Waals surface area contributed by atoms with Crippen molar-refractivity contribution in [3.63, 3.8) is 0 Å². The maximum Gasteiger partial charge on any atom is 0.252 e. The van der Waals surface area contributed by atoms with E-state index in [9.17, 15) is 15.0 Å². The van der Waals surface area contributed by atoms with Crippen molar-refractivity contribution in [2.24, 2.45) is 5.92 Å². The molecular formula is C23H25Cl2NO4. The molecule has 0 radical (unpaired) electrons. The molecule has 0 bridgehead atoms. The maximum absolute atomic E-state index is 13.4. The molecule has 1 saturated carbocycles. The molecule has 2 aromatic rings. The van der Waals surface area contributed by atoms with Crippen LogP contribution < -0.4 is 0 Å². The Hall–Kier alpha value is -1.63. The standard InChI is InChI=1S/C23H25Cl2NO4/c24-17-7-3-15(4-8-17)21-22(16-5-9-18(25)10-6-16)30-20(11-19(28)13-27)23(29)26(21)12-14-1-2-14/h3-10,14,19-22,27-28H,1-2,11-13H2/t19-,20-,21+,22-/m0/s1. The number of carbonyl (C=O) groups excluding carboxylic acids is 1. The zero-order valence-corrected chi connectivity index (χ0v) is 18.0. The van der Waals surface area contributed by atoms with Gasteiger partial charge in [0.1, 0.15) is 12.2 Å². The minimum Gasteiger partial charge on any atom is -0.394 e. The molecule has 1 aliphatic carbocycles. The summed E-state index contributed by atoms with van der Waals surface area (Å²) in [5, 5.41) is 20.5. The van der Waals surface area contributed by atoms with Gasteiger partial charge in [-0.3, -0.25) is 4.79 Å². The highest BCUT2D eigenvalue weighted by Crippen LogP contribution is 2.45. The summed E-state index contributed by atoms with van der Waals surface area (Å²) >= 11 is 12.2. The van der Waals surface area contributed by atoms with Gasteiger partial charge in [0.15, 0.2) is 0 Å². The summed E-state index contributed by atoms with van der Waals surface area (Å²) in [5.74, 6) is 0.329. The molecule has 5 nitrogen and oxygen atoms in total. The quantitative estimate of drug-likeness (QED) is 0.665. The lowest BCUT2D eigenvalue weighted by Gasteiger charge is -2.45. The van der Waals surface area contributed by atoms with E-state index in [-0.39, 0.29) is 18.4 Å². The molecule has 4 rings (SSSR count). The van der Waals surface area contributed by atoms with Gasteiger partial charge < -0.3 is 19.8 Å². The van der Waals surface area contributed by atoms with Crippen LogP contribution in [0.4, 0.5) is 0 Å². The van der Waals surface area contributed by atoms with Gasteiger partial charge in [-0.05, 0) is 54.2 Å². The van der Waals surface area contributed by atoms with Crippen LogP contribution in [0.2, 0.25) is 10.0 Å². The second-order valence-electron chi connectivity index (χ2n) is 8.10. The number of aliphatic hydroxyl groups excluding tert-OH is 2. The van der Waals surface area contributed by atoms with E-state index < -0.39 is 24.9 Å². The number of aliphatic hydroxyl groups is 2. The third-order valence-electron chi connectivity index (χ3n) is 5.75. The smallest absolute Gasteiger partial charge is 0.252 e. The Morgan fingerprint density at radius 3 is 2.10 bits per heavy atom. The number of ether oxygens (including phenoxy) is 1. The maximum atomic E-state index is 13.4. The lowest BCUT2D eigenvalue weighted by molar-refractivity contribution is -0.179. The molecule has 0 spiro atoms. The predicted octanol–water partition coefficient (Wildman–Crippen LogP) is 4.16.